The summed E-state index contributed by atoms with van der Waals surface area (Å²) in [5.41, 5.74) is 3.13. The Morgan fingerprint density at radius 2 is 2.05 bits per heavy atom. The van der Waals surface area contributed by atoms with E-state index in [1.165, 1.54) is 5.56 Å². The number of halogens is 1. The molecule has 21 heavy (non-hydrogen) atoms. The molecule has 4 heteroatoms. The van der Waals surface area contributed by atoms with E-state index < -0.39 is 6.10 Å². The number of rotatable bonds is 6. The summed E-state index contributed by atoms with van der Waals surface area (Å²) >= 11 is 3.48. The molecule has 1 unspecified atom stereocenters. The topological polar surface area (TPSA) is 41.5 Å². The van der Waals surface area contributed by atoms with Gasteiger partial charge in [0, 0.05) is 16.7 Å². The van der Waals surface area contributed by atoms with Crippen LogP contribution in [0.2, 0.25) is 0 Å². The van der Waals surface area contributed by atoms with Crippen LogP contribution in [-0.4, -0.2) is 18.8 Å². The lowest BCUT2D eigenvalue weighted by Crippen LogP contribution is -2.13. The summed E-state index contributed by atoms with van der Waals surface area (Å²) in [6.45, 7) is 2.58. The highest BCUT2D eigenvalue weighted by Gasteiger charge is 2.09. The van der Waals surface area contributed by atoms with E-state index in [0.717, 1.165) is 27.9 Å². The van der Waals surface area contributed by atoms with Gasteiger partial charge >= 0.3 is 0 Å². The van der Waals surface area contributed by atoms with Crippen LogP contribution in [0.5, 0.6) is 5.75 Å². The monoisotopic (exact) mass is 349 g/mol. The van der Waals surface area contributed by atoms with E-state index in [1.807, 2.05) is 36.4 Å². The van der Waals surface area contributed by atoms with E-state index in [9.17, 15) is 5.11 Å². The van der Waals surface area contributed by atoms with E-state index in [-0.39, 0.29) is 0 Å². The Hall–Kier alpha value is -1.52. The van der Waals surface area contributed by atoms with Crippen molar-refractivity contribution in [2.45, 2.75) is 19.4 Å². The molecule has 0 fully saturated rings. The van der Waals surface area contributed by atoms with E-state index in [1.54, 1.807) is 7.11 Å². The summed E-state index contributed by atoms with van der Waals surface area (Å²) in [5, 5.41) is 13.6. The van der Waals surface area contributed by atoms with E-state index >= 15 is 0 Å². The van der Waals surface area contributed by atoms with Crippen LogP contribution in [0.4, 0.5) is 5.69 Å². The van der Waals surface area contributed by atoms with Crippen molar-refractivity contribution in [1.82, 2.24) is 0 Å². The minimum absolute atomic E-state index is 0.460. The number of benzene rings is 2. The lowest BCUT2D eigenvalue weighted by molar-refractivity contribution is 0.191. The number of hydrogen-bond donors (Lipinski definition) is 2. The lowest BCUT2D eigenvalue weighted by atomic mass is 10.1. The predicted molar refractivity (Wildman–Crippen MR) is 90.0 cm³/mol. The molecule has 0 amide bonds. The van der Waals surface area contributed by atoms with E-state index in [0.29, 0.717) is 6.54 Å². The Morgan fingerprint density at radius 1 is 1.24 bits per heavy atom. The first kappa shape index (κ1) is 15.9. The van der Waals surface area contributed by atoms with Crippen LogP contribution in [0.25, 0.3) is 0 Å². The zero-order valence-corrected chi connectivity index (χ0v) is 13.9. The summed E-state index contributed by atoms with van der Waals surface area (Å²) in [5.74, 6) is 0.754. The van der Waals surface area contributed by atoms with Crippen molar-refractivity contribution in [2.75, 3.05) is 19.0 Å². The molecule has 2 aromatic carbocycles. The summed E-state index contributed by atoms with van der Waals surface area (Å²) in [6, 6.07) is 13.6. The quantitative estimate of drug-likeness (QED) is 0.822. The number of methoxy groups -OCH3 is 1. The molecule has 2 rings (SSSR count). The van der Waals surface area contributed by atoms with Crippen molar-refractivity contribution in [3.8, 4) is 5.75 Å². The molecule has 0 aromatic heterocycles. The molecule has 0 saturated carbocycles. The second kappa shape index (κ2) is 7.48. The van der Waals surface area contributed by atoms with E-state index in [2.05, 4.69) is 34.2 Å². The van der Waals surface area contributed by atoms with Crippen LogP contribution in [0.1, 0.15) is 24.2 Å². The van der Waals surface area contributed by atoms with Gasteiger partial charge in [0.15, 0.2) is 0 Å². The number of hydrogen-bond acceptors (Lipinski definition) is 3. The minimum atomic E-state index is -0.576. The average Bonchev–Trinajstić information content (AvgIpc) is 2.53. The van der Waals surface area contributed by atoms with Gasteiger partial charge in [-0.05, 0) is 47.9 Å². The van der Waals surface area contributed by atoms with E-state index in [4.69, 9.17) is 4.74 Å². The summed E-state index contributed by atoms with van der Waals surface area (Å²) < 4.78 is 6.25. The maximum atomic E-state index is 10.3. The number of ether oxygens (including phenoxy) is 1. The SMILES string of the molecule is CCc1cc(Br)ccc1NCC(O)c1cccc(OC)c1. The predicted octanol–water partition coefficient (Wildman–Crippen LogP) is 4.17. The molecule has 0 aliphatic carbocycles. The third-order valence-corrected chi connectivity index (χ3v) is 3.91. The lowest BCUT2D eigenvalue weighted by Gasteiger charge is -2.16. The summed E-state index contributed by atoms with van der Waals surface area (Å²) in [4.78, 5) is 0. The van der Waals surface area contributed by atoms with Gasteiger partial charge in [-0.2, -0.15) is 0 Å². The van der Waals surface area contributed by atoms with Crippen molar-refractivity contribution < 1.29 is 9.84 Å². The Bertz CT molecular complexity index is 601. The van der Waals surface area contributed by atoms with Crippen molar-refractivity contribution >= 4 is 21.6 Å². The fourth-order valence-electron chi connectivity index (χ4n) is 2.20. The van der Waals surface area contributed by atoms with Crippen molar-refractivity contribution in [2.24, 2.45) is 0 Å². The fraction of sp³-hybridized carbons (Fsp3) is 0.294. The summed E-state index contributed by atoms with van der Waals surface area (Å²) in [7, 11) is 1.62. The smallest absolute Gasteiger partial charge is 0.119 e. The second-order valence-corrected chi connectivity index (χ2v) is 5.74. The number of aryl methyl sites for hydroxylation is 1. The van der Waals surface area contributed by atoms with Crippen LogP contribution in [0.3, 0.4) is 0 Å². The van der Waals surface area contributed by atoms with Crippen LogP contribution < -0.4 is 10.1 Å². The third kappa shape index (κ3) is 4.22. The van der Waals surface area contributed by atoms with Crippen LogP contribution in [0, 0.1) is 0 Å². The Balaban J connectivity index is 2.05. The van der Waals surface area contributed by atoms with Gasteiger partial charge < -0.3 is 15.2 Å². The fourth-order valence-corrected chi connectivity index (χ4v) is 2.61. The highest BCUT2D eigenvalue weighted by Crippen LogP contribution is 2.24. The van der Waals surface area contributed by atoms with Gasteiger partial charge in [0.1, 0.15) is 5.75 Å². The van der Waals surface area contributed by atoms with Crippen molar-refractivity contribution in [1.29, 1.82) is 0 Å². The average molecular weight is 350 g/mol. The molecule has 3 nitrogen and oxygen atoms in total. The molecule has 112 valence electrons. The van der Waals surface area contributed by atoms with Crippen LogP contribution in [0.15, 0.2) is 46.9 Å². The minimum Gasteiger partial charge on any atom is -0.497 e. The molecule has 2 aromatic rings. The number of aliphatic hydroxyl groups excluding tert-OH is 1. The first-order valence-electron chi connectivity index (χ1n) is 6.98. The highest BCUT2D eigenvalue weighted by molar-refractivity contribution is 9.10. The zero-order chi connectivity index (χ0) is 15.2. The Kier molecular flexibility index (Phi) is 5.65. The highest BCUT2D eigenvalue weighted by atomic mass is 79.9. The molecule has 1 atom stereocenters. The van der Waals surface area contributed by atoms with Crippen LogP contribution >= 0.6 is 15.9 Å². The van der Waals surface area contributed by atoms with Crippen LogP contribution in [-0.2, 0) is 6.42 Å². The van der Waals surface area contributed by atoms with Gasteiger partial charge in [-0.3, -0.25) is 0 Å². The maximum absolute atomic E-state index is 10.3. The van der Waals surface area contributed by atoms with Crippen molar-refractivity contribution in [3.05, 3.63) is 58.1 Å². The van der Waals surface area contributed by atoms with Gasteiger partial charge in [0.05, 0.1) is 13.2 Å². The zero-order valence-electron chi connectivity index (χ0n) is 12.3. The van der Waals surface area contributed by atoms with Gasteiger partial charge in [0.25, 0.3) is 0 Å². The maximum Gasteiger partial charge on any atom is 0.119 e. The molecule has 0 aliphatic rings. The normalized spacial score (nSPS) is 12.0. The first-order chi connectivity index (χ1) is 10.1. The first-order valence-corrected chi connectivity index (χ1v) is 7.77. The Labute approximate surface area is 134 Å². The molecule has 0 aliphatic heterocycles. The Morgan fingerprint density at radius 3 is 2.76 bits per heavy atom. The molecular weight excluding hydrogens is 330 g/mol. The molecule has 0 radical (unpaired) electrons. The second-order valence-electron chi connectivity index (χ2n) is 4.83. The van der Waals surface area contributed by atoms with Gasteiger partial charge in [0.2, 0.25) is 0 Å². The standard InChI is InChI=1S/C17H20BrNO2/c1-3-12-9-14(18)7-8-16(12)19-11-17(20)13-5-4-6-15(10-13)21-2/h4-10,17,19-20H,3,11H2,1-2H3. The molecule has 2 N–H and O–H groups in total. The van der Waals surface area contributed by atoms with Gasteiger partial charge in [-0.1, -0.05) is 35.0 Å². The largest absolute Gasteiger partial charge is 0.497 e. The molecule has 0 spiro atoms. The van der Waals surface area contributed by atoms with Gasteiger partial charge in [-0.25, -0.2) is 0 Å². The molecule has 0 heterocycles. The molecule has 0 saturated heterocycles. The number of nitrogens with one attached hydrogen (secondary N) is 1. The molecular formula is C17H20BrNO2. The third-order valence-electron chi connectivity index (χ3n) is 3.41. The van der Waals surface area contributed by atoms with Gasteiger partial charge in [-0.15, -0.1) is 0 Å². The molecule has 0 bridgehead atoms. The van der Waals surface area contributed by atoms with Crippen molar-refractivity contribution in [3.63, 3.8) is 0 Å². The number of anilines is 1. The number of aliphatic hydroxyl groups is 1. The summed E-state index contributed by atoms with van der Waals surface area (Å²) in [6.07, 6.45) is 0.366.